The highest BCUT2D eigenvalue weighted by molar-refractivity contribution is 6.30. The molecule has 0 atom stereocenters. The smallest absolute Gasteiger partial charge is 0.260 e. The van der Waals surface area contributed by atoms with Gasteiger partial charge in [-0.15, -0.1) is 0 Å². The maximum atomic E-state index is 12.0. The third kappa shape index (κ3) is 2.38. The zero-order chi connectivity index (χ0) is 14.1. The molecule has 100 valence electrons. The normalized spacial score (nSPS) is 10.7. The van der Waals surface area contributed by atoms with Crippen molar-refractivity contribution >= 4 is 34.1 Å². The van der Waals surface area contributed by atoms with E-state index in [9.17, 15) is 4.79 Å². The molecule has 0 aliphatic carbocycles. The molecule has 3 rings (SSSR count). The molecule has 0 fully saturated rings. The molecule has 2 aromatic carbocycles. The number of halogens is 1. The zero-order valence-electron chi connectivity index (χ0n) is 10.8. The minimum atomic E-state index is -0.169. The number of para-hydroxylation sites is 1. The van der Waals surface area contributed by atoms with Crippen molar-refractivity contribution in [1.29, 1.82) is 0 Å². The van der Waals surface area contributed by atoms with Gasteiger partial charge in [0.15, 0.2) is 0 Å². The minimum absolute atomic E-state index is 0.169. The van der Waals surface area contributed by atoms with E-state index < -0.39 is 0 Å². The molecule has 2 N–H and O–H groups in total. The summed E-state index contributed by atoms with van der Waals surface area (Å²) in [5.41, 5.74) is 2.32. The lowest BCUT2D eigenvalue weighted by molar-refractivity contribution is 1.17. The summed E-state index contributed by atoms with van der Waals surface area (Å²) in [5.74, 6) is 0.402. The van der Waals surface area contributed by atoms with Gasteiger partial charge in [0.05, 0.1) is 10.9 Å². The summed E-state index contributed by atoms with van der Waals surface area (Å²) >= 11 is 5.98. The molecule has 0 saturated heterocycles. The number of aryl methyl sites for hydroxylation is 1. The van der Waals surface area contributed by atoms with Gasteiger partial charge in [0.2, 0.25) is 5.95 Å². The van der Waals surface area contributed by atoms with E-state index >= 15 is 0 Å². The van der Waals surface area contributed by atoms with Gasteiger partial charge >= 0.3 is 0 Å². The molecule has 0 aliphatic heterocycles. The molecule has 1 aromatic heterocycles. The Labute approximate surface area is 120 Å². The largest absolute Gasteiger partial charge is 0.325 e. The number of H-pyrrole nitrogens is 1. The summed E-state index contributed by atoms with van der Waals surface area (Å²) in [6.07, 6.45) is 0. The molecule has 0 spiro atoms. The molecule has 1 heterocycles. The lowest BCUT2D eigenvalue weighted by Crippen LogP contribution is -2.11. The van der Waals surface area contributed by atoms with E-state index in [-0.39, 0.29) is 5.56 Å². The number of nitrogens with zero attached hydrogens (tertiary/aromatic N) is 1. The second-order valence-corrected chi connectivity index (χ2v) is 4.95. The Hall–Kier alpha value is -2.33. The van der Waals surface area contributed by atoms with Crippen LogP contribution in [0.15, 0.2) is 47.3 Å². The van der Waals surface area contributed by atoms with Gasteiger partial charge in [0.25, 0.3) is 5.56 Å². The van der Waals surface area contributed by atoms with Gasteiger partial charge in [0.1, 0.15) is 0 Å². The van der Waals surface area contributed by atoms with Crippen molar-refractivity contribution in [2.75, 3.05) is 5.32 Å². The average molecular weight is 286 g/mol. The predicted octanol–water partition coefficient (Wildman–Crippen LogP) is 3.63. The van der Waals surface area contributed by atoms with Crippen LogP contribution in [-0.4, -0.2) is 9.97 Å². The Balaban J connectivity index is 2.07. The van der Waals surface area contributed by atoms with Crippen molar-refractivity contribution in [1.82, 2.24) is 9.97 Å². The van der Waals surface area contributed by atoms with Crippen LogP contribution in [0, 0.1) is 6.92 Å². The Morgan fingerprint density at radius 3 is 2.85 bits per heavy atom. The Morgan fingerprint density at radius 2 is 2.00 bits per heavy atom. The minimum Gasteiger partial charge on any atom is -0.325 e. The zero-order valence-corrected chi connectivity index (χ0v) is 11.5. The van der Waals surface area contributed by atoms with E-state index in [2.05, 4.69) is 15.3 Å². The quantitative estimate of drug-likeness (QED) is 0.756. The first-order valence-corrected chi connectivity index (χ1v) is 6.53. The molecular formula is C15H12ClN3O. The molecule has 0 unspecified atom stereocenters. The molecule has 0 bridgehead atoms. The Morgan fingerprint density at radius 1 is 1.20 bits per heavy atom. The molecule has 0 amide bonds. The highest BCUT2D eigenvalue weighted by Gasteiger charge is 2.05. The molecular weight excluding hydrogens is 274 g/mol. The number of rotatable bonds is 2. The lowest BCUT2D eigenvalue weighted by atomic mass is 10.2. The molecule has 3 aromatic rings. The van der Waals surface area contributed by atoms with Crippen LogP contribution in [0.1, 0.15) is 5.56 Å². The third-order valence-electron chi connectivity index (χ3n) is 3.07. The maximum Gasteiger partial charge on any atom is 0.260 e. The van der Waals surface area contributed by atoms with Crippen LogP contribution in [0.2, 0.25) is 5.02 Å². The second kappa shape index (κ2) is 4.98. The highest BCUT2D eigenvalue weighted by atomic mass is 35.5. The van der Waals surface area contributed by atoms with E-state index in [0.29, 0.717) is 21.9 Å². The first-order chi connectivity index (χ1) is 9.63. The molecule has 20 heavy (non-hydrogen) atoms. The van der Waals surface area contributed by atoms with Crippen molar-refractivity contribution in [3.63, 3.8) is 0 Å². The van der Waals surface area contributed by atoms with Crippen LogP contribution < -0.4 is 10.9 Å². The average Bonchev–Trinajstić information content (AvgIpc) is 2.43. The van der Waals surface area contributed by atoms with E-state index in [1.54, 1.807) is 18.2 Å². The molecule has 0 radical (unpaired) electrons. The highest BCUT2D eigenvalue weighted by Crippen LogP contribution is 2.22. The van der Waals surface area contributed by atoms with E-state index in [4.69, 9.17) is 11.6 Å². The number of anilines is 2. The van der Waals surface area contributed by atoms with Crippen molar-refractivity contribution in [3.8, 4) is 0 Å². The molecule has 4 nitrogen and oxygen atoms in total. The fraction of sp³-hybridized carbons (Fsp3) is 0.0667. The van der Waals surface area contributed by atoms with Crippen molar-refractivity contribution in [3.05, 3.63) is 63.4 Å². The van der Waals surface area contributed by atoms with Gasteiger partial charge < -0.3 is 5.32 Å². The molecule has 0 saturated carbocycles. The fourth-order valence-corrected chi connectivity index (χ4v) is 2.17. The monoisotopic (exact) mass is 285 g/mol. The Kier molecular flexibility index (Phi) is 3.16. The number of hydrogen-bond donors (Lipinski definition) is 2. The number of hydrogen-bond acceptors (Lipinski definition) is 3. The van der Waals surface area contributed by atoms with Crippen LogP contribution in [0.25, 0.3) is 10.9 Å². The van der Waals surface area contributed by atoms with Crippen LogP contribution in [0.3, 0.4) is 0 Å². The summed E-state index contributed by atoms with van der Waals surface area (Å²) in [7, 11) is 0. The topological polar surface area (TPSA) is 57.8 Å². The molecule has 5 heteroatoms. The summed E-state index contributed by atoms with van der Waals surface area (Å²) in [4.78, 5) is 19.1. The van der Waals surface area contributed by atoms with Gasteiger partial charge in [-0.25, -0.2) is 4.98 Å². The van der Waals surface area contributed by atoms with Crippen molar-refractivity contribution in [2.45, 2.75) is 6.92 Å². The van der Waals surface area contributed by atoms with E-state index in [1.807, 2.05) is 31.2 Å². The van der Waals surface area contributed by atoms with E-state index in [0.717, 1.165) is 11.3 Å². The van der Waals surface area contributed by atoms with Crippen LogP contribution in [0.5, 0.6) is 0 Å². The number of aromatic nitrogens is 2. The number of nitrogens with one attached hydrogen (secondary N) is 2. The van der Waals surface area contributed by atoms with Gasteiger partial charge in [0, 0.05) is 10.7 Å². The first kappa shape index (κ1) is 12.7. The Bertz CT molecular complexity index is 842. The van der Waals surface area contributed by atoms with Crippen molar-refractivity contribution < 1.29 is 0 Å². The van der Waals surface area contributed by atoms with Gasteiger partial charge in [-0.2, -0.15) is 0 Å². The fourth-order valence-electron chi connectivity index (χ4n) is 2.00. The molecule has 0 aliphatic rings. The third-order valence-corrected chi connectivity index (χ3v) is 3.30. The predicted molar refractivity (Wildman–Crippen MR) is 81.8 cm³/mol. The van der Waals surface area contributed by atoms with Gasteiger partial charge in [-0.3, -0.25) is 9.78 Å². The van der Waals surface area contributed by atoms with E-state index in [1.165, 1.54) is 0 Å². The van der Waals surface area contributed by atoms with Crippen molar-refractivity contribution in [2.24, 2.45) is 0 Å². The summed E-state index contributed by atoms with van der Waals surface area (Å²) in [6.45, 7) is 1.96. The summed E-state index contributed by atoms with van der Waals surface area (Å²) in [5, 5.41) is 4.29. The second-order valence-electron chi connectivity index (χ2n) is 4.52. The van der Waals surface area contributed by atoms with Gasteiger partial charge in [-0.05, 0) is 36.8 Å². The standard InChI is InChI=1S/C15H12ClN3O/c1-9-6-7-10(16)8-13(9)18-15-17-12-5-3-2-4-11(12)14(20)19-15/h2-8H,1H3,(H2,17,18,19,20). The number of aromatic amines is 1. The first-order valence-electron chi connectivity index (χ1n) is 6.16. The lowest BCUT2D eigenvalue weighted by Gasteiger charge is -2.09. The summed E-state index contributed by atoms with van der Waals surface area (Å²) < 4.78 is 0. The summed E-state index contributed by atoms with van der Waals surface area (Å²) in [6, 6.07) is 12.7. The maximum absolute atomic E-state index is 12.0. The SMILES string of the molecule is Cc1ccc(Cl)cc1Nc1nc2ccccc2c(=O)[nH]1. The number of fused-ring (bicyclic) bond motifs is 1. The van der Waals surface area contributed by atoms with Crippen LogP contribution >= 0.6 is 11.6 Å². The van der Waals surface area contributed by atoms with Gasteiger partial charge in [-0.1, -0.05) is 29.8 Å². The number of benzene rings is 2. The van der Waals surface area contributed by atoms with Crippen LogP contribution in [-0.2, 0) is 0 Å². The van der Waals surface area contributed by atoms with Crippen LogP contribution in [0.4, 0.5) is 11.6 Å².